The molecule has 0 aliphatic carbocycles. The molecule has 164 valence electrons. The van der Waals surface area contributed by atoms with Crippen molar-refractivity contribution in [1.29, 1.82) is 0 Å². The Bertz CT molecular complexity index is 1180. The molecule has 0 saturated carbocycles. The average Bonchev–Trinajstić information content (AvgIpc) is 3.15. The summed E-state index contributed by atoms with van der Waals surface area (Å²) < 4.78 is 6.38. The van der Waals surface area contributed by atoms with E-state index in [0.717, 1.165) is 0 Å². The number of nitrogens with zero attached hydrogens (tertiary/aromatic N) is 4. The SMILES string of the molecule is CCCn1c(N)c(N(CCOC)C(=O)c2sc(-c3ccccn3)nc2C)c(=O)[nH]c1=O. The van der Waals surface area contributed by atoms with E-state index in [1.54, 1.807) is 25.3 Å². The van der Waals surface area contributed by atoms with Gasteiger partial charge in [-0.2, -0.15) is 0 Å². The smallest absolute Gasteiger partial charge is 0.330 e. The van der Waals surface area contributed by atoms with E-state index in [1.807, 2.05) is 13.0 Å². The summed E-state index contributed by atoms with van der Waals surface area (Å²) in [6, 6.07) is 5.43. The zero-order chi connectivity index (χ0) is 22.5. The van der Waals surface area contributed by atoms with Gasteiger partial charge in [0.25, 0.3) is 11.5 Å². The molecule has 3 aromatic heterocycles. The van der Waals surface area contributed by atoms with Gasteiger partial charge < -0.3 is 10.5 Å². The molecule has 0 bridgehead atoms. The quantitative estimate of drug-likeness (QED) is 0.539. The maximum Gasteiger partial charge on any atom is 0.330 e. The number of amides is 1. The number of rotatable bonds is 8. The lowest BCUT2D eigenvalue weighted by molar-refractivity contribution is 0.0978. The lowest BCUT2D eigenvalue weighted by atomic mass is 10.3. The number of aromatic nitrogens is 4. The van der Waals surface area contributed by atoms with Gasteiger partial charge in [0.2, 0.25) is 0 Å². The summed E-state index contributed by atoms with van der Waals surface area (Å²) in [7, 11) is 1.49. The molecule has 3 heterocycles. The number of aromatic amines is 1. The number of nitrogen functional groups attached to an aromatic ring is 1. The average molecular weight is 445 g/mol. The molecule has 0 radical (unpaired) electrons. The molecule has 3 N–H and O–H groups in total. The van der Waals surface area contributed by atoms with E-state index < -0.39 is 17.2 Å². The zero-order valence-corrected chi connectivity index (χ0v) is 18.4. The third-order valence-corrected chi connectivity index (χ3v) is 5.74. The van der Waals surface area contributed by atoms with Crippen molar-refractivity contribution < 1.29 is 9.53 Å². The number of aryl methyl sites for hydroxylation is 1. The summed E-state index contributed by atoms with van der Waals surface area (Å²) in [6.07, 6.45) is 2.28. The van der Waals surface area contributed by atoms with Crippen molar-refractivity contribution in [3.63, 3.8) is 0 Å². The number of carbonyl (C=O) groups excluding carboxylic acids is 1. The summed E-state index contributed by atoms with van der Waals surface area (Å²) in [5.41, 5.74) is 5.91. The van der Waals surface area contributed by atoms with Gasteiger partial charge in [0, 0.05) is 26.4 Å². The van der Waals surface area contributed by atoms with E-state index in [4.69, 9.17) is 10.5 Å². The van der Waals surface area contributed by atoms with Crippen molar-refractivity contribution in [2.24, 2.45) is 0 Å². The van der Waals surface area contributed by atoms with Gasteiger partial charge in [0.1, 0.15) is 15.7 Å². The number of carbonyl (C=O) groups is 1. The van der Waals surface area contributed by atoms with Gasteiger partial charge in [-0.15, -0.1) is 11.3 Å². The van der Waals surface area contributed by atoms with Crippen LogP contribution in [0, 0.1) is 6.92 Å². The highest BCUT2D eigenvalue weighted by atomic mass is 32.1. The number of nitrogens with two attached hydrogens (primary N) is 1. The second kappa shape index (κ2) is 9.67. The zero-order valence-electron chi connectivity index (χ0n) is 17.5. The van der Waals surface area contributed by atoms with Crippen LogP contribution in [0.25, 0.3) is 10.7 Å². The Labute approximate surface area is 182 Å². The number of methoxy groups -OCH3 is 1. The molecule has 0 aliphatic heterocycles. The van der Waals surface area contributed by atoms with Crippen LogP contribution >= 0.6 is 11.3 Å². The number of pyridine rings is 1. The van der Waals surface area contributed by atoms with E-state index in [-0.39, 0.29) is 24.7 Å². The van der Waals surface area contributed by atoms with Gasteiger partial charge in [-0.1, -0.05) is 13.0 Å². The molecule has 11 heteroatoms. The molecule has 3 rings (SSSR count). The standard InChI is InChI=1S/C20H24N6O4S/c1-4-9-26-16(21)14(17(27)24-20(26)29)25(10-11-30-3)19(28)15-12(2)23-18(31-15)13-7-5-6-8-22-13/h5-8H,4,9-11,21H2,1-3H3,(H,24,27,29). The van der Waals surface area contributed by atoms with E-state index in [9.17, 15) is 14.4 Å². The topological polar surface area (TPSA) is 136 Å². The minimum absolute atomic E-state index is 0.0628. The lowest BCUT2D eigenvalue weighted by Crippen LogP contribution is -2.42. The first-order valence-electron chi connectivity index (χ1n) is 9.71. The van der Waals surface area contributed by atoms with Gasteiger partial charge >= 0.3 is 5.69 Å². The van der Waals surface area contributed by atoms with Gasteiger partial charge in [0.05, 0.1) is 18.0 Å². The summed E-state index contributed by atoms with van der Waals surface area (Å²) in [4.78, 5) is 50.9. The number of anilines is 2. The molecule has 0 unspecified atom stereocenters. The molecular formula is C20H24N6O4S. The van der Waals surface area contributed by atoms with Crippen LogP contribution in [0.1, 0.15) is 28.7 Å². The highest BCUT2D eigenvalue weighted by Gasteiger charge is 2.28. The van der Waals surface area contributed by atoms with Crippen molar-refractivity contribution in [3.8, 4) is 10.7 Å². The molecule has 0 fully saturated rings. The van der Waals surface area contributed by atoms with Crippen molar-refractivity contribution in [2.75, 3.05) is 30.9 Å². The maximum absolute atomic E-state index is 13.5. The maximum atomic E-state index is 13.5. The van der Waals surface area contributed by atoms with Gasteiger partial charge in [-0.25, -0.2) is 9.78 Å². The Hall–Kier alpha value is -3.31. The number of H-pyrrole nitrogens is 1. The van der Waals surface area contributed by atoms with E-state index in [0.29, 0.717) is 34.2 Å². The van der Waals surface area contributed by atoms with Crippen molar-refractivity contribution >= 4 is 28.7 Å². The Morgan fingerprint density at radius 2 is 2.13 bits per heavy atom. The largest absolute Gasteiger partial charge is 0.383 e. The van der Waals surface area contributed by atoms with Crippen LogP contribution in [0.5, 0.6) is 0 Å². The number of thiazole rings is 1. The highest BCUT2D eigenvalue weighted by Crippen LogP contribution is 2.29. The van der Waals surface area contributed by atoms with Crippen LogP contribution in [0.15, 0.2) is 34.0 Å². The van der Waals surface area contributed by atoms with Crippen LogP contribution in [-0.4, -0.2) is 45.7 Å². The predicted molar refractivity (Wildman–Crippen MR) is 120 cm³/mol. The third-order valence-electron chi connectivity index (χ3n) is 4.57. The van der Waals surface area contributed by atoms with Crippen molar-refractivity contribution in [3.05, 3.63) is 55.8 Å². The summed E-state index contributed by atoms with van der Waals surface area (Å²) in [6.45, 7) is 4.15. The molecule has 1 amide bonds. The second-order valence-corrected chi connectivity index (χ2v) is 7.74. The number of ether oxygens (including phenoxy) is 1. The van der Waals surface area contributed by atoms with Gasteiger partial charge in [-0.3, -0.25) is 29.0 Å². The molecule has 0 atom stereocenters. The highest BCUT2D eigenvalue weighted by molar-refractivity contribution is 7.17. The molecule has 3 aromatic rings. The predicted octanol–water partition coefficient (Wildman–Crippen LogP) is 1.65. The number of hydrogen-bond acceptors (Lipinski definition) is 8. The fourth-order valence-electron chi connectivity index (χ4n) is 3.10. The van der Waals surface area contributed by atoms with Crippen LogP contribution in [-0.2, 0) is 11.3 Å². The van der Waals surface area contributed by atoms with Crippen LogP contribution in [0.2, 0.25) is 0 Å². The summed E-state index contributed by atoms with van der Waals surface area (Å²) >= 11 is 1.18. The molecule has 10 nitrogen and oxygen atoms in total. The molecule has 0 aromatic carbocycles. The Morgan fingerprint density at radius 3 is 2.77 bits per heavy atom. The first-order chi connectivity index (χ1) is 14.9. The third kappa shape index (κ3) is 4.57. The summed E-state index contributed by atoms with van der Waals surface area (Å²) in [5, 5.41) is 0.589. The fraction of sp³-hybridized carbons (Fsp3) is 0.350. The lowest BCUT2D eigenvalue weighted by Gasteiger charge is -2.24. The monoisotopic (exact) mass is 444 g/mol. The Balaban J connectivity index is 2.10. The molecule has 31 heavy (non-hydrogen) atoms. The van der Waals surface area contributed by atoms with Gasteiger partial charge in [-0.05, 0) is 25.5 Å². The minimum atomic E-state index is -0.730. The number of nitrogens with one attached hydrogen (secondary N) is 1. The van der Waals surface area contributed by atoms with E-state index in [2.05, 4.69) is 15.0 Å². The van der Waals surface area contributed by atoms with E-state index >= 15 is 0 Å². The molecule has 0 spiro atoms. The molecular weight excluding hydrogens is 420 g/mol. The van der Waals surface area contributed by atoms with Gasteiger partial charge in [0.15, 0.2) is 5.69 Å². The molecule has 0 aliphatic rings. The first-order valence-corrected chi connectivity index (χ1v) is 10.5. The first kappa shape index (κ1) is 22.4. The van der Waals surface area contributed by atoms with Crippen molar-refractivity contribution in [1.82, 2.24) is 19.5 Å². The second-order valence-electron chi connectivity index (χ2n) is 6.74. The Morgan fingerprint density at radius 1 is 1.35 bits per heavy atom. The molecule has 0 saturated heterocycles. The number of hydrogen-bond donors (Lipinski definition) is 2. The van der Waals surface area contributed by atoms with E-state index in [1.165, 1.54) is 27.9 Å². The Kier molecular flexibility index (Phi) is 6.98. The van der Waals surface area contributed by atoms with Crippen LogP contribution in [0.3, 0.4) is 0 Å². The minimum Gasteiger partial charge on any atom is -0.383 e. The fourth-order valence-corrected chi connectivity index (χ4v) is 4.09. The normalized spacial score (nSPS) is 10.9. The van der Waals surface area contributed by atoms with Crippen LogP contribution in [0.4, 0.5) is 11.5 Å². The summed E-state index contributed by atoms with van der Waals surface area (Å²) in [5.74, 6) is -0.514. The van der Waals surface area contributed by atoms with Crippen molar-refractivity contribution in [2.45, 2.75) is 26.8 Å². The van der Waals surface area contributed by atoms with Crippen LogP contribution < -0.4 is 21.9 Å².